The van der Waals surface area contributed by atoms with E-state index in [-0.39, 0.29) is 17.2 Å². The quantitative estimate of drug-likeness (QED) is 0.510. The van der Waals surface area contributed by atoms with Gasteiger partial charge in [0, 0.05) is 6.04 Å². The van der Waals surface area contributed by atoms with Gasteiger partial charge < -0.3 is 4.90 Å². The molecular formula is C22H41N3O3Y. The van der Waals surface area contributed by atoms with Crippen molar-refractivity contribution in [3.8, 4) is 0 Å². The van der Waals surface area contributed by atoms with Gasteiger partial charge in [0.25, 0.3) is 0 Å². The Morgan fingerprint density at radius 3 is 2.24 bits per heavy atom. The van der Waals surface area contributed by atoms with Crippen molar-refractivity contribution < 1.29 is 41.4 Å². The number of hydrogen-bond donors (Lipinski definition) is 1. The first-order valence-corrected chi connectivity index (χ1v) is 14.6. The van der Waals surface area contributed by atoms with Crippen molar-refractivity contribution in [1.82, 2.24) is 15.1 Å². The molecule has 2 saturated heterocycles. The molecule has 0 aromatic heterocycles. The summed E-state index contributed by atoms with van der Waals surface area (Å²) in [6.45, 7) is 16.1. The van der Waals surface area contributed by atoms with Crippen LogP contribution in [0.25, 0.3) is 0 Å². The molecule has 0 aromatic carbocycles. The monoisotopic (exact) mass is 484 g/mol. The van der Waals surface area contributed by atoms with Crippen LogP contribution in [-0.4, -0.2) is 72.9 Å². The Bertz CT molecular complexity index is 520. The molecule has 165 valence electrons. The summed E-state index contributed by atoms with van der Waals surface area (Å²) in [7, 11) is 0. The predicted octanol–water partition coefficient (Wildman–Crippen LogP) is 2.74. The molecule has 0 aliphatic carbocycles. The van der Waals surface area contributed by atoms with Crippen LogP contribution in [0.2, 0.25) is 3.23 Å². The molecule has 2 aliphatic rings. The Labute approximate surface area is 193 Å². The van der Waals surface area contributed by atoms with Crippen LogP contribution in [0.15, 0.2) is 0 Å². The zero-order valence-electron chi connectivity index (χ0n) is 19.2. The fourth-order valence-electron chi connectivity index (χ4n) is 4.20. The molecule has 2 rings (SSSR count). The van der Waals surface area contributed by atoms with Crippen LogP contribution in [0.4, 0.5) is 0 Å². The number of ketones is 1. The molecule has 1 amide bonds. The number of piperidine rings is 2. The third-order valence-electron chi connectivity index (χ3n) is 6.39. The molecule has 0 bridgehead atoms. The van der Waals surface area contributed by atoms with Crippen LogP contribution in [0, 0.1) is 11.3 Å². The average molecular weight is 484 g/mol. The summed E-state index contributed by atoms with van der Waals surface area (Å²) >= 11 is -1.28. The number of nitrogens with one attached hydrogen (secondary N) is 1. The van der Waals surface area contributed by atoms with Crippen LogP contribution in [0.1, 0.15) is 60.3 Å². The van der Waals surface area contributed by atoms with E-state index in [1.807, 2.05) is 20.8 Å². The summed E-state index contributed by atoms with van der Waals surface area (Å²) in [6.07, 6.45) is 4.45. The maximum absolute atomic E-state index is 12.4. The Balaban J connectivity index is 1.55. The van der Waals surface area contributed by atoms with Crippen molar-refractivity contribution in [2.45, 2.75) is 75.6 Å². The third kappa shape index (κ3) is 8.64. The SMILES string of the molecule is CC(C)N1CCC(N2CCC(C(=O)NCC[O][Y][CH2]C(=O)C(C)(C)C)CC2)CC1. The first-order chi connectivity index (χ1) is 13.7. The molecule has 2 heterocycles. The van der Waals surface area contributed by atoms with E-state index in [0.717, 1.165) is 25.9 Å². The van der Waals surface area contributed by atoms with Crippen molar-refractivity contribution in [2.75, 3.05) is 39.3 Å². The Morgan fingerprint density at radius 1 is 1.07 bits per heavy atom. The number of carbonyl (C=O) groups excluding carboxylic acids is 2. The summed E-state index contributed by atoms with van der Waals surface area (Å²) in [4.78, 5) is 29.5. The van der Waals surface area contributed by atoms with Crippen LogP contribution < -0.4 is 5.32 Å². The Kier molecular flexibility index (Phi) is 10.7. The van der Waals surface area contributed by atoms with Crippen LogP contribution >= 0.6 is 0 Å². The fourth-order valence-corrected chi connectivity index (χ4v) is 7.06. The number of carbonyl (C=O) groups is 2. The normalized spacial score (nSPS) is 20.6. The van der Waals surface area contributed by atoms with E-state index in [0.29, 0.717) is 34.3 Å². The maximum atomic E-state index is 12.4. The van der Waals surface area contributed by atoms with Gasteiger partial charge in [-0.05, 0) is 13.8 Å². The van der Waals surface area contributed by atoms with Crippen molar-refractivity contribution in [1.29, 1.82) is 0 Å². The van der Waals surface area contributed by atoms with Crippen molar-refractivity contribution in [3.05, 3.63) is 0 Å². The van der Waals surface area contributed by atoms with Gasteiger partial charge in [0.2, 0.25) is 0 Å². The van der Waals surface area contributed by atoms with E-state index >= 15 is 0 Å². The van der Waals surface area contributed by atoms with E-state index in [1.54, 1.807) is 0 Å². The van der Waals surface area contributed by atoms with Gasteiger partial charge >= 0.3 is 170 Å². The molecule has 2 fully saturated rings. The van der Waals surface area contributed by atoms with Gasteiger partial charge in [0.05, 0.1) is 0 Å². The molecule has 29 heavy (non-hydrogen) atoms. The van der Waals surface area contributed by atoms with Gasteiger partial charge in [-0.3, -0.25) is 0 Å². The van der Waals surface area contributed by atoms with E-state index in [1.165, 1.54) is 25.9 Å². The number of Topliss-reactive ketones (excluding diaryl/α,β-unsaturated/α-hetero) is 1. The summed E-state index contributed by atoms with van der Waals surface area (Å²) in [5.74, 6) is 0.622. The second kappa shape index (κ2) is 12.2. The number of likely N-dealkylation sites (tertiary alicyclic amines) is 2. The number of nitrogens with zero attached hydrogens (tertiary/aromatic N) is 2. The van der Waals surface area contributed by atoms with Gasteiger partial charge in [-0.2, -0.15) is 0 Å². The van der Waals surface area contributed by atoms with Gasteiger partial charge in [-0.25, -0.2) is 0 Å². The molecule has 0 radical (unpaired) electrons. The van der Waals surface area contributed by atoms with Crippen molar-refractivity contribution in [2.24, 2.45) is 11.3 Å². The van der Waals surface area contributed by atoms with Gasteiger partial charge in [-0.15, -0.1) is 0 Å². The first kappa shape index (κ1) is 25.4. The van der Waals surface area contributed by atoms with Crippen LogP contribution in [-0.2, 0) is 41.4 Å². The van der Waals surface area contributed by atoms with Gasteiger partial charge in [-0.1, -0.05) is 0 Å². The zero-order chi connectivity index (χ0) is 21.4. The standard InChI is InChI=1S/C16H30N3O2.C6H11O.Y/c1-13(2)18-10-5-15(6-11-18)19-8-3-14(4-9-19)16(21)17-7-12-20;1-5(7)6(2,3)4;/h13-15H,3-12H2,1-2H3,(H,17,21);1H2,2-4H3;/q-1;;+1. The summed E-state index contributed by atoms with van der Waals surface area (Å²) in [5.41, 5.74) is -0.260. The number of hydrogen-bond acceptors (Lipinski definition) is 5. The Hall–Kier alpha value is 0.124. The molecule has 0 spiro atoms. The molecule has 0 aromatic rings. The van der Waals surface area contributed by atoms with Gasteiger partial charge in [0.15, 0.2) is 0 Å². The minimum absolute atomic E-state index is 0.145. The van der Waals surface area contributed by atoms with E-state index < -0.39 is 29.7 Å². The zero-order valence-corrected chi connectivity index (χ0v) is 22.0. The molecule has 2 aliphatic heterocycles. The minimum atomic E-state index is -1.28. The topological polar surface area (TPSA) is 61.9 Å². The second-order valence-corrected chi connectivity index (χ2v) is 12.5. The third-order valence-corrected chi connectivity index (χ3v) is 8.87. The summed E-state index contributed by atoms with van der Waals surface area (Å²) in [6, 6.07) is 1.35. The Morgan fingerprint density at radius 2 is 1.69 bits per heavy atom. The molecular weight excluding hydrogens is 443 g/mol. The average Bonchev–Trinajstić information content (AvgIpc) is 2.69. The van der Waals surface area contributed by atoms with E-state index in [2.05, 4.69) is 29.0 Å². The van der Waals surface area contributed by atoms with Crippen LogP contribution in [0.3, 0.4) is 0 Å². The predicted molar refractivity (Wildman–Crippen MR) is 112 cm³/mol. The molecule has 0 unspecified atom stereocenters. The molecule has 7 heteroatoms. The number of rotatable bonds is 9. The second-order valence-electron chi connectivity index (χ2n) is 9.88. The summed E-state index contributed by atoms with van der Waals surface area (Å²) < 4.78 is 6.33. The molecule has 1 N–H and O–H groups in total. The molecule has 0 atom stereocenters. The van der Waals surface area contributed by atoms with E-state index in [9.17, 15) is 9.59 Å². The molecule has 6 nitrogen and oxygen atoms in total. The van der Waals surface area contributed by atoms with E-state index in [4.69, 9.17) is 2.05 Å². The first-order valence-electron chi connectivity index (χ1n) is 11.4. The summed E-state index contributed by atoms with van der Waals surface area (Å²) in [5, 5.41) is 3.04. The van der Waals surface area contributed by atoms with Crippen molar-refractivity contribution >= 4 is 11.7 Å². The van der Waals surface area contributed by atoms with Crippen LogP contribution in [0.5, 0.6) is 0 Å². The number of amides is 1. The van der Waals surface area contributed by atoms with Crippen molar-refractivity contribution in [3.63, 3.8) is 0 Å². The fraction of sp³-hybridized carbons (Fsp3) is 0.909. The molecule has 0 saturated carbocycles. The van der Waals surface area contributed by atoms with Gasteiger partial charge in [0.1, 0.15) is 0 Å².